The number of fused-ring (bicyclic) bond motifs is 1. The molecule has 1 atom stereocenters. The van der Waals surface area contributed by atoms with Gasteiger partial charge in [-0.2, -0.15) is 0 Å². The van der Waals surface area contributed by atoms with Crippen molar-refractivity contribution in [3.63, 3.8) is 0 Å². The van der Waals surface area contributed by atoms with Crippen molar-refractivity contribution in [3.05, 3.63) is 52.3 Å². The zero-order valence-electron chi connectivity index (χ0n) is 15.2. The first-order valence-corrected chi connectivity index (χ1v) is 9.76. The van der Waals surface area contributed by atoms with Crippen molar-refractivity contribution >= 4 is 23.5 Å². The van der Waals surface area contributed by atoms with Crippen molar-refractivity contribution < 1.29 is 9.53 Å². The normalized spacial score (nSPS) is 19.4. The molecule has 0 unspecified atom stereocenters. The Morgan fingerprint density at radius 2 is 2.04 bits per heavy atom. The minimum atomic E-state index is -0.0253. The van der Waals surface area contributed by atoms with E-state index in [1.165, 1.54) is 0 Å². The highest BCUT2D eigenvalue weighted by Crippen LogP contribution is 2.26. The minimum Gasteiger partial charge on any atom is -0.378 e. The number of hydrogen-bond acceptors (Lipinski definition) is 5. The van der Waals surface area contributed by atoms with E-state index in [9.17, 15) is 4.79 Å². The number of carbonyl (C=O) groups excluding carboxylic acids is 1. The molecule has 4 rings (SSSR count). The van der Waals surface area contributed by atoms with Crippen molar-refractivity contribution in [2.24, 2.45) is 5.92 Å². The summed E-state index contributed by atoms with van der Waals surface area (Å²) >= 11 is 5.90. The van der Waals surface area contributed by atoms with Gasteiger partial charge >= 0.3 is 0 Å². The lowest BCUT2D eigenvalue weighted by molar-refractivity contribution is -0.125. The average Bonchev–Trinajstić information content (AvgIpc) is 2.73. The summed E-state index contributed by atoms with van der Waals surface area (Å²) in [5, 5.41) is 3.74. The summed E-state index contributed by atoms with van der Waals surface area (Å²) < 4.78 is 5.39. The van der Waals surface area contributed by atoms with Gasteiger partial charge < -0.3 is 15.0 Å². The zero-order valence-corrected chi connectivity index (χ0v) is 15.9. The second-order valence-corrected chi connectivity index (χ2v) is 7.46. The summed E-state index contributed by atoms with van der Waals surface area (Å²) in [4.78, 5) is 24.0. The first-order chi connectivity index (χ1) is 13.2. The predicted octanol–water partition coefficient (Wildman–Crippen LogP) is 2.39. The fourth-order valence-electron chi connectivity index (χ4n) is 3.57. The SMILES string of the molecule is O=C(NCc1ccc(Cl)cc1)[C@H]1CCc2nc(N3CCOCC3)ncc2C1. The Bertz CT molecular complexity index is 806. The Morgan fingerprint density at radius 1 is 1.26 bits per heavy atom. The van der Waals surface area contributed by atoms with E-state index >= 15 is 0 Å². The number of rotatable bonds is 4. The number of anilines is 1. The summed E-state index contributed by atoms with van der Waals surface area (Å²) in [5.41, 5.74) is 3.21. The van der Waals surface area contributed by atoms with Gasteiger partial charge in [-0.3, -0.25) is 4.79 Å². The van der Waals surface area contributed by atoms with Crippen molar-refractivity contribution in [1.82, 2.24) is 15.3 Å². The molecule has 7 heteroatoms. The molecule has 0 spiro atoms. The van der Waals surface area contributed by atoms with Crippen LogP contribution >= 0.6 is 11.6 Å². The molecule has 0 bridgehead atoms. The Hall–Kier alpha value is -2.18. The molecule has 27 heavy (non-hydrogen) atoms. The van der Waals surface area contributed by atoms with Crippen molar-refractivity contribution in [2.75, 3.05) is 31.2 Å². The molecule has 1 saturated heterocycles. The highest BCUT2D eigenvalue weighted by atomic mass is 35.5. The highest BCUT2D eigenvalue weighted by molar-refractivity contribution is 6.30. The summed E-state index contributed by atoms with van der Waals surface area (Å²) in [5.74, 6) is 0.846. The van der Waals surface area contributed by atoms with Crippen LogP contribution in [-0.2, 0) is 28.9 Å². The molecule has 2 heterocycles. The average molecular weight is 387 g/mol. The van der Waals surface area contributed by atoms with Gasteiger partial charge in [0.25, 0.3) is 0 Å². The molecule has 1 amide bonds. The molecule has 1 N–H and O–H groups in total. The summed E-state index contributed by atoms with van der Waals surface area (Å²) in [7, 11) is 0. The maximum absolute atomic E-state index is 12.6. The summed E-state index contributed by atoms with van der Waals surface area (Å²) in [6.07, 6.45) is 4.23. The molecule has 2 aliphatic rings. The molecule has 0 saturated carbocycles. The smallest absolute Gasteiger partial charge is 0.225 e. The van der Waals surface area contributed by atoms with Gasteiger partial charge in [0.2, 0.25) is 11.9 Å². The van der Waals surface area contributed by atoms with Crippen molar-refractivity contribution in [2.45, 2.75) is 25.8 Å². The molecule has 6 nitrogen and oxygen atoms in total. The lowest BCUT2D eigenvalue weighted by atomic mass is 9.86. The fourth-order valence-corrected chi connectivity index (χ4v) is 3.70. The lowest BCUT2D eigenvalue weighted by Gasteiger charge is -2.28. The van der Waals surface area contributed by atoms with E-state index in [1.807, 2.05) is 30.5 Å². The van der Waals surface area contributed by atoms with Gasteiger partial charge in [-0.15, -0.1) is 0 Å². The molecule has 0 radical (unpaired) electrons. The van der Waals surface area contributed by atoms with E-state index in [1.54, 1.807) is 0 Å². The van der Waals surface area contributed by atoms with Crippen molar-refractivity contribution in [3.8, 4) is 0 Å². The Balaban J connectivity index is 1.36. The van der Waals surface area contributed by atoms with Crippen LogP contribution < -0.4 is 10.2 Å². The standard InChI is InChI=1S/C20H23ClN4O2/c21-17-4-1-14(2-5-17)12-22-19(26)15-3-6-18-16(11-15)13-23-20(24-18)25-7-9-27-10-8-25/h1-2,4-5,13,15H,3,6-12H2,(H,22,26)/t15-/m0/s1. The van der Waals surface area contributed by atoms with Crippen LogP contribution in [0.3, 0.4) is 0 Å². The number of amides is 1. The highest BCUT2D eigenvalue weighted by Gasteiger charge is 2.26. The molecular weight excluding hydrogens is 364 g/mol. The first kappa shape index (κ1) is 18.2. The fraction of sp³-hybridized carbons (Fsp3) is 0.450. The number of aryl methyl sites for hydroxylation is 1. The van der Waals surface area contributed by atoms with E-state index < -0.39 is 0 Å². The third kappa shape index (κ3) is 4.39. The second kappa shape index (κ2) is 8.23. The van der Waals surface area contributed by atoms with Crippen LogP contribution in [0.5, 0.6) is 0 Å². The van der Waals surface area contributed by atoms with E-state index in [0.29, 0.717) is 18.0 Å². The predicted molar refractivity (Wildman–Crippen MR) is 104 cm³/mol. The van der Waals surface area contributed by atoms with Gasteiger partial charge in [-0.25, -0.2) is 9.97 Å². The van der Waals surface area contributed by atoms with E-state index in [-0.39, 0.29) is 11.8 Å². The number of hydrogen-bond donors (Lipinski definition) is 1. The van der Waals surface area contributed by atoms with Crippen LogP contribution in [0.2, 0.25) is 5.02 Å². The Kier molecular flexibility index (Phi) is 5.55. The number of halogens is 1. The number of aromatic nitrogens is 2. The monoisotopic (exact) mass is 386 g/mol. The number of ether oxygens (including phenoxy) is 1. The molecular formula is C20H23ClN4O2. The van der Waals surface area contributed by atoms with Gasteiger partial charge in [0.05, 0.1) is 13.2 Å². The largest absolute Gasteiger partial charge is 0.378 e. The summed E-state index contributed by atoms with van der Waals surface area (Å²) in [6, 6.07) is 7.53. The van der Waals surface area contributed by atoms with Gasteiger partial charge in [-0.1, -0.05) is 23.7 Å². The molecule has 142 valence electrons. The number of morpholine rings is 1. The van der Waals surface area contributed by atoms with E-state index in [0.717, 1.165) is 61.9 Å². The lowest BCUT2D eigenvalue weighted by Crippen LogP contribution is -2.38. The Morgan fingerprint density at radius 3 is 2.81 bits per heavy atom. The minimum absolute atomic E-state index is 0.0253. The molecule has 2 aromatic rings. The zero-order chi connectivity index (χ0) is 18.6. The van der Waals surface area contributed by atoms with Crippen LogP contribution in [0.4, 0.5) is 5.95 Å². The van der Waals surface area contributed by atoms with Crippen LogP contribution in [0.1, 0.15) is 23.2 Å². The quantitative estimate of drug-likeness (QED) is 0.873. The molecule has 1 aliphatic carbocycles. The third-order valence-corrected chi connectivity index (χ3v) is 5.43. The van der Waals surface area contributed by atoms with Gasteiger partial charge in [-0.05, 0) is 42.5 Å². The van der Waals surface area contributed by atoms with Crippen LogP contribution in [0.25, 0.3) is 0 Å². The van der Waals surface area contributed by atoms with Crippen LogP contribution in [-0.4, -0.2) is 42.2 Å². The van der Waals surface area contributed by atoms with E-state index in [2.05, 4.69) is 15.2 Å². The molecule has 1 fully saturated rings. The topological polar surface area (TPSA) is 67.4 Å². The van der Waals surface area contributed by atoms with Crippen molar-refractivity contribution in [1.29, 1.82) is 0 Å². The second-order valence-electron chi connectivity index (χ2n) is 7.03. The van der Waals surface area contributed by atoms with E-state index in [4.69, 9.17) is 21.3 Å². The van der Waals surface area contributed by atoms with Crippen LogP contribution in [0, 0.1) is 5.92 Å². The maximum Gasteiger partial charge on any atom is 0.225 e. The molecule has 1 aromatic heterocycles. The molecule has 1 aliphatic heterocycles. The number of nitrogens with zero attached hydrogens (tertiary/aromatic N) is 3. The first-order valence-electron chi connectivity index (χ1n) is 9.38. The maximum atomic E-state index is 12.6. The third-order valence-electron chi connectivity index (χ3n) is 5.18. The Labute approximate surface area is 163 Å². The number of carbonyl (C=O) groups is 1. The van der Waals surface area contributed by atoms with Crippen LogP contribution in [0.15, 0.2) is 30.5 Å². The number of nitrogens with one attached hydrogen (secondary N) is 1. The van der Waals surface area contributed by atoms with Gasteiger partial charge in [0, 0.05) is 42.5 Å². The molecule has 1 aromatic carbocycles. The summed E-state index contributed by atoms with van der Waals surface area (Å²) in [6.45, 7) is 3.61. The van der Waals surface area contributed by atoms with Gasteiger partial charge in [0.15, 0.2) is 0 Å². The number of benzene rings is 1. The van der Waals surface area contributed by atoms with Gasteiger partial charge in [0.1, 0.15) is 0 Å².